The molecule has 3 aromatic heterocycles. The van der Waals surface area contributed by atoms with E-state index in [9.17, 15) is 13.6 Å². The number of carbonyl (C=O) groups is 1. The molecule has 5 nitrogen and oxygen atoms in total. The smallest absolute Gasteiger partial charge is 0.318 e. The van der Waals surface area contributed by atoms with Crippen LogP contribution in [0.1, 0.15) is 51.9 Å². The predicted molar refractivity (Wildman–Crippen MR) is 125 cm³/mol. The Kier molecular flexibility index (Phi) is 5.25. The minimum absolute atomic E-state index is 0.224. The van der Waals surface area contributed by atoms with Crippen molar-refractivity contribution in [1.82, 2.24) is 14.8 Å². The number of thiophene rings is 1. The van der Waals surface area contributed by atoms with E-state index in [4.69, 9.17) is 4.42 Å². The highest BCUT2D eigenvalue weighted by atomic mass is 32.1. The third-order valence-electron chi connectivity index (χ3n) is 6.63. The summed E-state index contributed by atoms with van der Waals surface area (Å²) >= 11 is 1.77. The summed E-state index contributed by atoms with van der Waals surface area (Å²) in [5.41, 5.74) is 3.65. The first kappa shape index (κ1) is 21.2. The second-order valence-corrected chi connectivity index (χ2v) is 9.85. The standard InChI is InChI=1S/C26H23F2N3O2S/c27-17-11-16(12-18(28)13-17)24-22-7-3-9-30(22)25-21(20-6-1-2-8-23(20)34-25)15-31(24)26(32)29-14-19-5-4-10-33-19/h3-5,7,9-13,24H,1-2,6,8,14-15H2,(H,29,32). The van der Waals surface area contributed by atoms with Gasteiger partial charge in [-0.05, 0) is 73.2 Å². The van der Waals surface area contributed by atoms with E-state index >= 15 is 0 Å². The molecule has 2 amide bonds. The molecule has 2 aliphatic rings. The van der Waals surface area contributed by atoms with E-state index in [1.165, 1.54) is 29.0 Å². The lowest BCUT2D eigenvalue weighted by molar-refractivity contribution is 0.179. The first-order valence-electron chi connectivity index (χ1n) is 11.4. The molecule has 4 aromatic rings. The number of carbonyl (C=O) groups excluding carboxylic acids is 1. The van der Waals surface area contributed by atoms with E-state index in [1.807, 2.05) is 18.3 Å². The fourth-order valence-corrected chi connectivity index (χ4v) is 6.55. The van der Waals surface area contributed by atoms with Gasteiger partial charge < -0.3 is 19.2 Å². The number of rotatable bonds is 3. The maximum Gasteiger partial charge on any atom is 0.318 e. The predicted octanol–water partition coefficient (Wildman–Crippen LogP) is 6.10. The summed E-state index contributed by atoms with van der Waals surface area (Å²) in [5.74, 6) is -0.700. The van der Waals surface area contributed by atoms with Gasteiger partial charge in [0.25, 0.3) is 0 Å². The molecule has 1 aliphatic carbocycles. The zero-order chi connectivity index (χ0) is 23.2. The van der Waals surface area contributed by atoms with Gasteiger partial charge in [0.05, 0.1) is 25.0 Å². The van der Waals surface area contributed by atoms with Crippen molar-refractivity contribution >= 4 is 17.4 Å². The fraction of sp³-hybridized carbons (Fsp3) is 0.269. The third kappa shape index (κ3) is 3.62. The van der Waals surface area contributed by atoms with Gasteiger partial charge in [-0.25, -0.2) is 13.6 Å². The number of halogens is 2. The summed E-state index contributed by atoms with van der Waals surface area (Å²) in [6, 6.07) is 9.91. The highest BCUT2D eigenvalue weighted by Crippen LogP contribution is 2.44. The number of aryl methyl sites for hydroxylation is 1. The minimum Gasteiger partial charge on any atom is -0.467 e. The topological polar surface area (TPSA) is 50.4 Å². The molecule has 0 saturated carbocycles. The molecule has 1 N–H and O–H groups in total. The van der Waals surface area contributed by atoms with Crippen molar-refractivity contribution in [3.05, 3.63) is 99.6 Å². The van der Waals surface area contributed by atoms with E-state index in [0.717, 1.165) is 41.6 Å². The Bertz CT molecular complexity index is 1340. The Morgan fingerprint density at radius 2 is 1.91 bits per heavy atom. The van der Waals surface area contributed by atoms with Gasteiger partial charge in [-0.2, -0.15) is 0 Å². The van der Waals surface area contributed by atoms with Crippen molar-refractivity contribution in [2.24, 2.45) is 0 Å². The SMILES string of the molecule is O=C(NCc1ccco1)N1Cc2c(sc3c2CCCC3)-n2cccc2C1c1cc(F)cc(F)c1. The number of nitrogens with zero attached hydrogens (tertiary/aromatic N) is 2. The Hall–Kier alpha value is -3.39. The monoisotopic (exact) mass is 479 g/mol. The zero-order valence-corrected chi connectivity index (χ0v) is 19.2. The molecule has 34 heavy (non-hydrogen) atoms. The Labute approximate surface area is 199 Å². The lowest BCUT2D eigenvalue weighted by Crippen LogP contribution is -2.41. The average Bonchev–Trinajstić information content (AvgIpc) is 3.56. The van der Waals surface area contributed by atoms with Crippen LogP contribution in [0.25, 0.3) is 5.00 Å². The number of furan rings is 1. The number of hydrogen-bond donors (Lipinski definition) is 1. The molecule has 6 rings (SSSR count). The van der Waals surface area contributed by atoms with Crippen molar-refractivity contribution in [3.8, 4) is 5.00 Å². The van der Waals surface area contributed by atoms with Crippen molar-refractivity contribution < 1.29 is 18.0 Å². The lowest BCUT2D eigenvalue weighted by atomic mass is 9.95. The highest BCUT2D eigenvalue weighted by Gasteiger charge is 2.36. The summed E-state index contributed by atoms with van der Waals surface area (Å²) < 4.78 is 36.1. The van der Waals surface area contributed by atoms with Gasteiger partial charge in [0, 0.05) is 22.7 Å². The molecule has 1 aliphatic heterocycles. The number of benzene rings is 1. The molecule has 4 heterocycles. The molecular weight excluding hydrogens is 456 g/mol. The van der Waals surface area contributed by atoms with Gasteiger partial charge in [0.1, 0.15) is 28.4 Å². The van der Waals surface area contributed by atoms with Crippen molar-refractivity contribution in [2.45, 2.75) is 44.8 Å². The van der Waals surface area contributed by atoms with Crippen LogP contribution in [0.5, 0.6) is 0 Å². The van der Waals surface area contributed by atoms with Gasteiger partial charge in [0.2, 0.25) is 0 Å². The van der Waals surface area contributed by atoms with Crippen LogP contribution in [0.3, 0.4) is 0 Å². The fourth-order valence-electron chi connectivity index (χ4n) is 5.15. The van der Waals surface area contributed by atoms with Gasteiger partial charge in [-0.3, -0.25) is 0 Å². The Morgan fingerprint density at radius 3 is 2.71 bits per heavy atom. The third-order valence-corrected chi connectivity index (χ3v) is 7.97. The molecule has 0 saturated heterocycles. The Morgan fingerprint density at radius 1 is 1.09 bits per heavy atom. The maximum atomic E-state index is 14.3. The highest BCUT2D eigenvalue weighted by molar-refractivity contribution is 7.15. The first-order chi connectivity index (χ1) is 16.6. The first-order valence-corrected chi connectivity index (χ1v) is 12.2. The molecule has 1 unspecified atom stereocenters. The van der Waals surface area contributed by atoms with E-state index in [1.54, 1.807) is 34.6 Å². The molecule has 1 aromatic carbocycles. The molecule has 8 heteroatoms. The van der Waals surface area contributed by atoms with E-state index in [0.29, 0.717) is 17.9 Å². The summed E-state index contributed by atoms with van der Waals surface area (Å²) in [7, 11) is 0. The average molecular weight is 480 g/mol. The Balaban J connectivity index is 1.48. The van der Waals surface area contributed by atoms with Crippen LogP contribution in [0, 0.1) is 11.6 Å². The minimum atomic E-state index is -0.666. The number of amides is 2. The van der Waals surface area contributed by atoms with Crippen molar-refractivity contribution in [1.29, 1.82) is 0 Å². The molecule has 0 spiro atoms. The van der Waals surface area contributed by atoms with Gasteiger partial charge in [-0.15, -0.1) is 11.3 Å². The number of aromatic nitrogens is 1. The van der Waals surface area contributed by atoms with Crippen LogP contribution in [-0.2, 0) is 25.9 Å². The molecule has 174 valence electrons. The number of urea groups is 1. The van der Waals surface area contributed by atoms with Crippen LogP contribution in [0.2, 0.25) is 0 Å². The summed E-state index contributed by atoms with van der Waals surface area (Å²) in [6.07, 6.45) is 7.86. The second kappa shape index (κ2) is 8.43. The largest absolute Gasteiger partial charge is 0.467 e. The lowest BCUT2D eigenvalue weighted by Gasteiger charge is -2.31. The summed E-state index contributed by atoms with van der Waals surface area (Å²) in [6.45, 7) is 0.581. The summed E-state index contributed by atoms with van der Waals surface area (Å²) in [4.78, 5) is 16.7. The summed E-state index contributed by atoms with van der Waals surface area (Å²) in [5, 5.41) is 4.03. The van der Waals surface area contributed by atoms with Crippen LogP contribution in [0.4, 0.5) is 13.6 Å². The molecule has 0 radical (unpaired) electrons. The van der Waals surface area contributed by atoms with Gasteiger partial charge >= 0.3 is 6.03 Å². The van der Waals surface area contributed by atoms with Crippen LogP contribution in [-0.4, -0.2) is 15.5 Å². The molecular formula is C26H23F2N3O2S. The van der Waals surface area contributed by atoms with Crippen LogP contribution in [0.15, 0.2) is 59.3 Å². The number of nitrogens with one attached hydrogen (secondary N) is 1. The normalized spacial score (nSPS) is 17.0. The number of fused-ring (bicyclic) bond motifs is 5. The van der Waals surface area contributed by atoms with Gasteiger partial charge in [-0.1, -0.05) is 0 Å². The van der Waals surface area contributed by atoms with Crippen LogP contribution < -0.4 is 5.32 Å². The zero-order valence-electron chi connectivity index (χ0n) is 18.4. The molecule has 0 fully saturated rings. The number of hydrogen-bond acceptors (Lipinski definition) is 3. The van der Waals surface area contributed by atoms with E-state index in [2.05, 4.69) is 9.88 Å². The van der Waals surface area contributed by atoms with Crippen molar-refractivity contribution in [2.75, 3.05) is 0 Å². The van der Waals surface area contributed by atoms with Crippen molar-refractivity contribution in [3.63, 3.8) is 0 Å². The van der Waals surface area contributed by atoms with Gasteiger partial charge in [0.15, 0.2) is 0 Å². The van der Waals surface area contributed by atoms with E-state index < -0.39 is 17.7 Å². The maximum absolute atomic E-state index is 14.3. The second-order valence-electron chi connectivity index (χ2n) is 8.77. The molecule has 1 atom stereocenters. The van der Waals surface area contributed by atoms with Crippen LogP contribution >= 0.6 is 11.3 Å². The quantitative estimate of drug-likeness (QED) is 0.386. The molecule has 0 bridgehead atoms. The van der Waals surface area contributed by atoms with E-state index in [-0.39, 0.29) is 12.6 Å².